The molecule has 14 heteroatoms. The number of amides is 2. The lowest BCUT2D eigenvalue weighted by Crippen LogP contribution is -2.42. The van der Waals surface area contributed by atoms with Crippen LogP contribution in [0.4, 0.5) is 26.3 Å². The number of halogens is 6. The number of nitrogens with one attached hydrogen (secondary N) is 1. The summed E-state index contributed by atoms with van der Waals surface area (Å²) in [5.41, 5.74) is 4.75. The van der Waals surface area contributed by atoms with Crippen LogP contribution in [0, 0.1) is 12.7 Å². The van der Waals surface area contributed by atoms with Crippen molar-refractivity contribution < 1.29 is 45.4 Å². The molecule has 0 spiro atoms. The Morgan fingerprint density at radius 1 is 1.13 bits per heavy atom. The Balaban J connectivity index is 1.54. The van der Waals surface area contributed by atoms with E-state index >= 15 is 0 Å². The molecular formula is C32H28F6N4O4. The highest BCUT2D eigenvalue weighted by molar-refractivity contribution is 6.00. The molecule has 0 saturated carbocycles. The fourth-order valence-corrected chi connectivity index (χ4v) is 5.39. The lowest BCUT2D eigenvalue weighted by atomic mass is 9.78. The summed E-state index contributed by atoms with van der Waals surface area (Å²) in [5.74, 6) is -4.79. The molecule has 242 valence electrons. The van der Waals surface area contributed by atoms with Gasteiger partial charge in [-0.1, -0.05) is 6.92 Å². The number of alkyl halides is 5. The van der Waals surface area contributed by atoms with Gasteiger partial charge >= 0.3 is 6.18 Å². The van der Waals surface area contributed by atoms with Gasteiger partial charge in [0, 0.05) is 34.8 Å². The Kier molecular flexibility index (Phi) is 8.83. The molecule has 0 radical (unpaired) electrons. The second-order valence-electron chi connectivity index (χ2n) is 10.9. The van der Waals surface area contributed by atoms with E-state index in [0.29, 0.717) is 10.9 Å². The second-order valence-corrected chi connectivity index (χ2v) is 10.9. The third-order valence-electron chi connectivity index (χ3n) is 7.89. The maximum atomic E-state index is 14.7. The normalized spacial score (nSPS) is 16.6. The van der Waals surface area contributed by atoms with Crippen LogP contribution in [0.1, 0.15) is 46.4 Å². The highest BCUT2D eigenvalue weighted by Gasteiger charge is 2.49. The Bertz CT molecular complexity index is 1800. The molecule has 2 amide bonds. The molecular weight excluding hydrogens is 618 g/mol. The van der Waals surface area contributed by atoms with Gasteiger partial charge in [-0.15, -0.1) is 0 Å². The number of carbonyl (C=O) groups is 2. The van der Waals surface area contributed by atoms with E-state index in [2.05, 4.69) is 15.3 Å². The fraction of sp³-hybridized carbons (Fsp3) is 0.312. The number of rotatable bonds is 10. The zero-order chi connectivity index (χ0) is 33.4. The third-order valence-corrected chi connectivity index (χ3v) is 7.89. The number of carbonyl (C=O) groups excluding carboxylic acids is 2. The number of nitrogens with zero attached hydrogens (tertiary/aromatic N) is 2. The number of benzene rings is 2. The Hall–Kier alpha value is -4.88. The smallest absolute Gasteiger partial charge is 0.398 e. The Labute approximate surface area is 258 Å². The van der Waals surface area contributed by atoms with E-state index in [9.17, 15) is 35.9 Å². The number of hydrogen-bond donors (Lipinski definition) is 2. The van der Waals surface area contributed by atoms with Gasteiger partial charge in [-0.3, -0.25) is 14.6 Å². The van der Waals surface area contributed by atoms with Crippen molar-refractivity contribution in [2.24, 2.45) is 5.73 Å². The largest absolute Gasteiger partial charge is 0.489 e. The Morgan fingerprint density at radius 2 is 1.85 bits per heavy atom. The molecule has 2 aromatic heterocycles. The molecule has 4 aromatic rings. The van der Waals surface area contributed by atoms with Crippen LogP contribution in [-0.4, -0.2) is 54.1 Å². The first-order valence-electron chi connectivity index (χ1n) is 14.1. The fourth-order valence-electron chi connectivity index (χ4n) is 5.39. The molecule has 5 rings (SSSR count). The molecule has 8 nitrogen and oxygen atoms in total. The lowest BCUT2D eigenvalue weighted by Gasteiger charge is -2.25. The van der Waals surface area contributed by atoms with Crippen LogP contribution in [0.2, 0.25) is 0 Å². The third kappa shape index (κ3) is 6.28. The predicted octanol–water partition coefficient (Wildman–Crippen LogP) is 5.99. The van der Waals surface area contributed by atoms with Crippen molar-refractivity contribution in [3.8, 4) is 22.8 Å². The molecule has 46 heavy (non-hydrogen) atoms. The topological polar surface area (TPSA) is 116 Å². The first-order chi connectivity index (χ1) is 21.7. The zero-order valence-corrected chi connectivity index (χ0v) is 24.6. The van der Waals surface area contributed by atoms with E-state index in [0.717, 1.165) is 24.3 Å². The minimum Gasteiger partial charge on any atom is -0.489 e. The molecule has 3 heterocycles. The number of fused-ring (bicyclic) bond motifs is 2. The molecule has 0 bridgehead atoms. The van der Waals surface area contributed by atoms with Crippen LogP contribution in [-0.2, 0) is 10.2 Å². The van der Waals surface area contributed by atoms with Crippen LogP contribution < -0.4 is 20.5 Å². The molecule has 2 atom stereocenters. The maximum Gasteiger partial charge on any atom is 0.398 e. The van der Waals surface area contributed by atoms with Crippen LogP contribution in [0.5, 0.6) is 11.5 Å². The number of nitrogens with two attached hydrogens (primary N) is 1. The molecule has 1 unspecified atom stereocenters. The van der Waals surface area contributed by atoms with Crippen LogP contribution in [0.25, 0.3) is 22.2 Å². The first kappa shape index (κ1) is 32.5. The summed E-state index contributed by atoms with van der Waals surface area (Å²) < 4.78 is 94.4. The number of hydrogen-bond acceptors (Lipinski definition) is 6. The average molecular weight is 647 g/mol. The van der Waals surface area contributed by atoms with Gasteiger partial charge in [0.15, 0.2) is 0 Å². The number of aryl methyl sites for hydroxylation is 1. The van der Waals surface area contributed by atoms with Crippen LogP contribution in [0.3, 0.4) is 0 Å². The quantitative estimate of drug-likeness (QED) is 0.205. The SMILES string of the molecule is CC[C@]1(C(N)=O)COc2c1cc(C(CNC(=O)c1cc(OCC(F)F)c3ncc(C)cc3c1)C(F)(F)F)nc2-c1ccc(F)cc1. The van der Waals surface area contributed by atoms with Crippen molar-refractivity contribution in [1.29, 1.82) is 0 Å². The van der Waals surface area contributed by atoms with Crippen molar-refractivity contribution in [2.45, 2.75) is 44.2 Å². The van der Waals surface area contributed by atoms with Crippen molar-refractivity contribution in [3.05, 3.63) is 82.9 Å². The molecule has 0 saturated heterocycles. The monoisotopic (exact) mass is 646 g/mol. The average Bonchev–Trinajstić information content (AvgIpc) is 3.39. The molecule has 0 fully saturated rings. The van der Waals surface area contributed by atoms with Gasteiger partial charge < -0.3 is 20.5 Å². The predicted molar refractivity (Wildman–Crippen MR) is 155 cm³/mol. The van der Waals surface area contributed by atoms with Crippen molar-refractivity contribution in [3.63, 3.8) is 0 Å². The minimum absolute atomic E-state index is 0.0529. The van der Waals surface area contributed by atoms with Gasteiger partial charge in [0.1, 0.15) is 53.1 Å². The van der Waals surface area contributed by atoms with Crippen molar-refractivity contribution in [2.75, 3.05) is 19.8 Å². The van der Waals surface area contributed by atoms with E-state index in [1.165, 1.54) is 24.4 Å². The minimum atomic E-state index is -4.94. The van der Waals surface area contributed by atoms with Crippen LogP contribution in [0.15, 0.2) is 54.7 Å². The number of pyridine rings is 2. The highest BCUT2D eigenvalue weighted by atomic mass is 19.4. The van der Waals surface area contributed by atoms with Gasteiger partial charge in [0.2, 0.25) is 5.91 Å². The summed E-state index contributed by atoms with van der Waals surface area (Å²) in [4.78, 5) is 34.3. The zero-order valence-electron chi connectivity index (χ0n) is 24.6. The summed E-state index contributed by atoms with van der Waals surface area (Å²) in [6.45, 7) is 1.16. The van der Waals surface area contributed by atoms with E-state index < -0.39 is 60.4 Å². The molecule has 1 aliphatic heterocycles. The summed E-state index contributed by atoms with van der Waals surface area (Å²) in [7, 11) is 0. The first-order valence-corrected chi connectivity index (χ1v) is 14.1. The molecule has 0 aliphatic carbocycles. The Morgan fingerprint density at radius 3 is 2.48 bits per heavy atom. The highest BCUT2D eigenvalue weighted by Crippen LogP contribution is 2.48. The van der Waals surface area contributed by atoms with Crippen molar-refractivity contribution >= 4 is 22.7 Å². The van der Waals surface area contributed by atoms with Gasteiger partial charge in [-0.25, -0.2) is 18.2 Å². The van der Waals surface area contributed by atoms with Gasteiger partial charge in [-0.05, 0) is 67.4 Å². The van der Waals surface area contributed by atoms with E-state index in [4.69, 9.17) is 15.2 Å². The van der Waals surface area contributed by atoms with Crippen molar-refractivity contribution in [1.82, 2.24) is 15.3 Å². The maximum absolute atomic E-state index is 14.7. The summed E-state index contributed by atoms with van der Waals surface area (Å²) >= 11 is 0. The number of aromatic nitrogens is 2. The van der Waals surface area contributed by atoms with Gasteiger partial charge in [0.25, 0.3) is 12.3 Å². The summed E-state index contributed by atoms with van der Waals surface area (Å²) in [6.07, 6.45) is -6.17. The molecule has 1 aliphatic rings. The van der Waals surface area contributed by atoms with E-state index in [-0.39, 0.29) is 52.4 Å². The number of primary amides is 1. The van der Waals surface area contributed by atoms with Crippen LogP contribution >= 0.6 is 0 Å². The van der Waals surface area contributed by atoms with Gasteiger partial charge in [0.05, 0.1) is 5.69 Å². The number of ether oxygens (including phenoxy) is 2. The van der Waals surface area contributed by atoms with Gasteiger partial charge in [-0.2, -0.15) is 13.2 Å². The molecule has 3 N–H and O–H groups in total. The standard InChI is InChI=1S/C32H28F6N4O4/c1-3-31(30(39)44)15-46-28-21(31)11-23(42-27(28)17-4-6-20(33)7-5-17)22(32(36,37)38)13-41-29(43)19-9-18-8-16(2)12-40-26(18)24(10-19)45-14-25(34)35/h4-12,22,25H,3,13-15H2,1-2H3,(H2,39,44)(H,41,43)/t22?,31-/m0/s1. The van der Waals surface area contributed by atoms with E-state index in [1.54, 1.807) is 19.9 Å². The second kappa shape index (κ2) is 12.5. The molecule has 2 aromatic carbocycles. The summed E-state index contributed by atoms with van der Waals surface area (Å²) in [5, 5.41) is 2.63. The lowest BCUT2D eigenvalue weighted by molar-refractivity contribution is -0.149. The summed E-state index contributed by atoms with van der Waals surface area (Å²) in [6, 6.07) is 10.1. The van der Waals surface area contributed by atoms with E-state index in [1.807, 2.05) is 0 Å².